The standard InChI is InChI=1S/C19H28N2O3/c1-2-23-15-14-20-12-9-19(10-13-20)16-21(18(22)24-19)11-8-17-6-4-3-5-7-17/h3-7H,2,8-16H2,1H3. The quantitative estimate of drug-likeness (QED) is 0.720. The van der Waals surface area contributed by atoms with Gasteiger partial charge in [0.05, 0.1) is 13.2 Å². The van der Waals surface area contributed by atoms with E-state index < -0.39 is 0 Å². The van der Waals surface area contributed by atoms with Crippen LogP contribution >= 0.6 is 0 Å². The van der Waals surface area contributed by atoms with Crippen LogP contribution in [0.3, 0.4) is 0 Å². The molecule has 2 fully saturated rings. The molecule has 0 atom stereocenters. The zero-order valence-electron chi connectivity index (χ0n) is 14.6. The summed E-state index contributed by atoms with van der Waals surface area (Å²) in [7, 11) is 0. The summed E-state index contributed by atoms with van der Waals surface area (Å²) in [5.74, 6) is 0. The van der Waals surface area contributed by atoms with Gasteiger partial charge in [-0.25, -0.2) is 4.79 Å². The molecule has 5 heteroatoms. The Balaban J connectivity index is 1.46. The molecule has 2 heterocycles. The lowest BCUT2D eigenvalue weighted by Crippen LogP contribution is -2.47. The second-order valence-corrected chi connectivity index (χ2v) is 6.75. The Morgan fingerprint density at radius 3 is 2.62 bits per heavy atom. The van der Waals surface area contributed by atoms with Crippen LogP contribution in [0.2, 0.25) is 0 Å². The first kappa shape index (κ1) is 17.2. The molecule has 0 N–H and O–H groups in total. The van der Waals surface area contributed by atoms with E-state index in [1.54, 1.807) is 0 Å². The normalized spacial score (nSPS) is 20.5. The van der Waals surface area contributed by atoms with Crippen molar-refractivity contribution in [1.29, 1.82) is 0 Å². The van der Waals surface area contributed by atoms with Crippen LogP contribution in [0.15, 0.2) is 30.3 Å². The minimum atomic E-state index is -0.268. The third-order valence-corrected chi connectivity index (χ3v) is 5.08. The van der Waals surface area contributed by atoms with Crippen molar-refractivity contribution in [2.45, 2.75) is 31.8 Å². The molecule has 1 aromatic rings. The van der Waals surface area contributed by atoms with E-state index in [1.807, 2.05) is 30.0 Å². The van der Waals surface area contributed by atoms with Gasteiger partial charge in [0.15, 0.2) is 0 Å². The van der Waals surface area contributed by atoms with E-state index in [0.29, 0.717) is 0 Å². The molecule has 0 radical (unpaired) electrons. The van der Waals surface area contributed by atoms with Crippen molar-refractivity contribution in [2.75, 3.05) is 45.9 Å². The molecule has 2 aliphatic heterocycles. The first-order valence-corrected chi connectivity index (χ1v) is 9.03. The molecular formula is C19H28N2O3. The van der Waals surface area contributed by atoms with Crippen LogP contribution in [0.5, 0.6) is 0 Å². The molecule has 0 saturated carbocycles. The number of likely N-dealkylation sites (tertiary alicyclic amines) is 1. The first-order valence-electron chi connectivity index (χ1n) is 9.03. The van der Waals surface area contributed by atoms with Crippen LogP contribution < -0.4 is 0 Å². The van der Waals surface area contributed by atoms with E-state index >= 15 is 0 Å². The van der Waals surface area contributed by atoms with Crippen molar-refractivity contribution in [1.82, 2.24) is 9.80 Å². The zero-order chi connectivity index (χ0) is 16.8. The van der Waals surface area contributed by atoms with Gasteiger partial charge >= 0.3 is 6.09 Å². The first-order chi connectivity index (χ1) is 11.7. The molecule has 132 valence electrons. The molecule has 1 aromatic carbocycles. The summed E-state index contributed by atoms with van der Waals surface area (Å²) in [6, 6.07) is 10.3. The van der Waals surface area contributed by atoms with E-state index in [2.05, 4.69) is 17.0 Å². The van der Waals surface area contributed by atoms with E-state index in [9.17, 15) is 4.79 Å². The Labute approximate surface area is 144 Å². The van der Waals surface area contributed by atoms with Crippen molar-refractivity contribution in [3.63, 3.8) is 0 Å². The Kier molecular flexibility index (Phi) is 5.74. The maximum Gasteiger partial charge on any atom is 0.410 e. The summed E-state index contributed by atoms with van der Waals surface area (Å²) in [5, 5.41) is 0. The lowest BCUT2D eigenvalue weighted by atomic mass is 9.91. The van der Waals surface area contributed by atoms with E-state index in [4.69, 9.17) is 9.47 Å². The Bertz CT molecular complexity index is 527. The number of carbonyl (C=O) groups is 1. The van der Waals surface area contributed by atoms with Crippen LogP contribution in [0, 0.1) is 0 Å². The Morgan fingerprint density at radius 2 is 1.92 bits per heavy atom. The number of nitrogens with zero attached hydrogens (tertiary/aromatic N) is 2. The minimum Gasteiger partial charge on any atom is -0.441 e. The van der Waals surface area contributed by atoms with E-state index in [0.717, 1.165) is 65.2 Å². The molecule has 0 aliphatic carbocycles. The number of hydrogen-bond acceptors (Lipinski definition) is 4. The Hall–Kier alpha value is -1.59. The largest absolute Gasteiger partial charge is 0.441 e. The SMILES string of the molecule is CCOCCN1CCC2(CC1)CN(CCc1ccccc1)C(=O)O2. The van der Waals surface area contributed by atoms with E-state index in [-0.39, 0.29) is 11.7 Å². The number of rotatable bonds is 7. The lowest BCUT2D eigenvalue weighted by Gasteiger charge is -2.37. The zero-order valence-corrected chi connectivity index (χ0v) is 14.6. The summed E-state index contributed by atoms with van der Waals surface area (Å²) < 4.78 is 11.2. The summed E-state index contributed by atoms with van der Waals surface area (Å²) in [6.07, 6.45) is 2.58. The van der Waals surface area contributed by atoms with Gasteiger partial charge in [0, 0.05) is 45.6 Å². The topological polar surface area (TPSA) is 42.0 Å². The number of piperidine rings is 1. The predicted octanol–water partition coefficient (Wildman–Crippen LogP) is 2.55. The van der Waals surface area contributed by atoms with Crippen LogP contribution in [0.4, 0.5) is 4.79 Å². The third-order valence-electron chi connectivity index (χ3n) is 5.08. The fourth-order valence-electron chi connectivity index (χ4n) is 3.56. The number of amides is 1. The van der Waals surface area contributed by atoms with Gasteiger partial charge in [0.1, 0.15) is 5.60 Å². The summed E-state index contributed by atoms with van der Waals surface area (Å²) >= 11 is 0. The highest BCUT2D eigenvalue weighted by Crippen LogP contribution is 2.33. The lowest BCUT2D eigenvalue weighted by molar-refractivity contribution is -0.00584. The second kappa shape index (κ2) is 7.99. The smallest absolute Gasteiger partial charge is 0.410 e. The van der Waals surface area contributed by atoms with Crippen molar-refractivity contribution < 1.29 is 14.3 Å². The summed E-state index contributed by atoms with van der Waals surface area (Å²) in [5.41, 5.74) is 0.993. The molecule has 5 nitrogen and oxygen atoms in total. The number of benzene rings is 1. The molecule has 0 aromatic heterocycles. The van der Waals surface area contributed by atoms with E-state index in [1.165, 1.54) is 5.56 Å². The minimum absolute atomic E-state index is 0.145. The maximum absolute atomic E-state index is 12.2. The highest BCUT2D eigenvalue weighted by atomic mass is 16.6. The van der Waals surface area contributed by atoms with Gasteiger partial charge in [-0.3, -0.25) is 0 Å². The number of hydrogen-bond donors (Lipinski definition) is 0. The highest BCUT2D eigenvalue weighted by molar-refractivity contribution is 5.70. The molecule has 2 aliphatic rings. The van der Waals surface area contributed by atoms with Gasteiger partial charge in [-0.15, -0.1) is 0 Å². The fourth-order valence-corrected chi connectivity index (χ4v) is 3.56. The summed E-state index contributed by atoms with van der Waals surface area (Å²) in [6.45, 7) is 7.97. The van der Waals surface area contributed by atoms with Gasteiger partial charge < -0.3 is 19.3 Å². The van der Waals surface area contributed by atoms with Gasteiger partial charge in [-0.1, -0.05) is 30.3 Å². The maximum atomic E-state index is 12.2. The predicted molar refractivity (Wildman–Crippen MR) is 93.1 cm³/mol. The average Bonchev–Trinajstić information content (AvgIpc) is 2.91. The van der Waals surface area contributed by atoms with Crippen LogP contribution in [0.25, 0.3) is 0 Å². The Morgan fingerprint density at radius 1 is 1.17 bits per heavy atom. The molecule has 1 amide bonds. The van der Waals surface area contributed by atoms with Gasteiger partial charge in [-0.05, 0) is 18.9 Å². The van der Waals surface area contributed by atoms with Gasteiger partial charge in [0.2, 0.25) is 0 Å². The molecule has 1 spiro atoms. The molecule has 24 heavy (non-hydrogen) atoms. The molecule has 3 rings (SSSR count). The van der Waals surface area contributed by atoms with Crippen LogP contribution in [-0.2, 0) is 15.9 Å². The van der Waals surface area contributed by atoms with Crippen LogP contribution in [-0.4, -0.2) is 67.4 Å². The van der Waals surface area contributed by atoms with Crippen molar-refractivity contribution >= 4 is 6.09 Å². The van der Waals surface area contributed by atoms with Crippen molar-refractivity contribution in [3.8, 4) is 0 Å². The number of carbonyl (C=O) groups excluding carboxylic acids is 1. The molecule has 0 unspecified atom stereocenters. The third kappa shape index (κ3) is 4.28. The molecular weight excluding hydrogens is 304 g/mol. The monoisotopic (exact) mass is 332 g/mol. The van der Waals surface area contributed by atoms with Crippen molar-refractivity contribution in [2.24, 2.45) is 0 Å². The fraction of sp³-hybridized carbons (Fsp3) is 0.632. The molecule has 2 saturated heterocycles. The van der Waals surface area contributed by atoms with Crippen LogP contribution in [0.1, 0.15) is 25.3 Å². The molecule has 0 bridgehead atoms. The highest BCUT2D eigenvalue weighted by Gasteiger charge is 2.46. The van der Waals surface area contributed by atoms with Crippen molar-refractivity contribution in [3.05, 3.63) is 35.9 Å². The second-order valence-electron chi connectivity index (χ2n) is 6.75. The average molecular weight is 332 g/mol. The summed E-state index contributed by atoms with van der Waals surface area (Å²) in [4.78, 5) is 16.5. The van der Waals surface area contributed by atoms with Gasteiger partial charge in [-0.2, -0.15) is 0 Å². The van der Waals surface area contributed by atoms with Gasteiger partial charge in [0.25, 0.3) is 0 Å². The number of ether oxygens (including phenoxy) is 2.